The minimum absolute atomic E-state index is 0.301. The van der Waals surface area contributed by atoms with Crippen molar-refractivity contribution in [1.82, 2.24) is 4.90 Å². The number of carbonyl (C=O) groups excluding carboxylic acids is 2. The number of carboxylic acid groups (broad SMARTS) is 1. The molecule has 1 N–H and O–H groups in total. The summed E-state index contributed by atoms with van der Waals surface area (Å²) in [6.45, 7) is 0. The molecule has 7 heteroatoms. The molecule has 0 bridgehead atoms. The Balaban J connectivity index is 2.00. The average Bonchev–Trinajstić information content (AvgIpc) is 2.90. The third-order valence-corrected chi connectivity index (χ3v) is 5.01. The Morgan fingerprint density at radius 1 is 1.12 bits per heavy atom. The van der Waals surface area contributed by atoms with Gasteiger partial charge in [-0.2, -0.15) is 0 Å². The summed E-state index contributed by atoms with van der Waals surface area (Å²) in [6, 6.07) is 4.05. The number of benzene rings is 1. The van der Waals surface area contributed by atoms with E-state index in [1.54, 1.807) is 18.2 Å². The van der Waals surface area contributed by atoms with Crippen LogP contribution in [0.1, 0.15) is 30.9 Å². The first-order valence-electron chi connectivity index (χ1n) is 8.43. The molecule has 0 spiro atoms. The molecule has 0 aromatic heterocycles. The summed E-state index contributed by atoms with van der Waals surface area (Å²) in [4.78, 5) is 38.3. The van der Waals surface area contributed by atoms with Crippen LogP contribution < -0.4 is 9.47 Å². The molecule has 3 rings (SSSR count). The minimum Gasteiger partial charge on any atom is -0.493 e. The fourth-order valence-electron chi connectivity index (χ4n) is 3.72. The van der Waals surface area contributed by atoms with Gasteiger partial charge in [0.1, 0.15) is 0 Å². The molecule has 1 aromatic carbocycles. The summed E-state index contributed by atoms with van der Waals surface area (Å²) in [5.41, 5.74) is 0.526. The van der Waals surface area contributed by atoms with Crippen molar-refractivity contribution in [3.63, 3.8) is 0 Å². The number of aliphatic carboxylic acids is 1. The molecule has 1 saturated heterocycles. The largest absolute Gasteiger partial charge is 0.493 e. The van der Waals surface area contributed by atoms with E-state index in [-0.39, 0.29) is 18.2 Å². The SMILES string of the molecule is COc1ccc([C@H](CC(=O)O)N2C(=O)[C@H]3CC=CC[C@H]3C2=O)cc1OC. The Hall–Kier alpha value is -2.83. The molecule has 26 heavy (non-hydrogen) atoms. The van der Waals surface area contributed by atoms with Crippen molar-refractivity contribution in [2.45, 2.75) is 25.3 Å². The zero-order valence-corrected chi connectivity index (χ0v) is 14.7. The van der Waals surface area contributed by atoms with Gasteiger partial charge in [-0.3, -0.25) is 19.3 Å². The van der Waals surface area contributed by atoms with Crippen LogP contribution in [0.5, 0.6) is 11.5 Å². The fraction of sp³-hybridized carbons (Fsp3) is 0.421. The monoisotopic (exact) mass is 359 g/mol. The quantitative estimate of drug-likeness (QED) is 0.618. The lowest BCUT2D eigenvalue weighted by atomic mass is 9.85. The molecular formula is C19H21NO6. The number of fused-ring (bicyclic) bond motifs is 1. The van der Waals surface area contributed by atoms with Crippen LogP contribution in [-0.4, -0.2) is 42.0 Å². The van der Waals surface area contributed by atoms with Crippen LogP contribution in [0.25, 0.3) is 0 Å². The van der Waals surface area contributed by atoms with Crippen LogP contribution in [0.15, 0.2) is 30.4 Å². The molecule has 2 amide bonds. The van der Waals surface area contributed by atoms with Crippen molar-refractivity contribution in [2.24, 2.45) is 11.8 Å². The highest BCUT2D eigenvalue weighted by Crippen LogP contribution is 2.41. The van der Waals surface area contributed by atoms with E-state index >= 15 is 0 Å². The highest BCUT2D eigenvalue weighted by Gasteiger charge is 2.50. The second-order valence-electron chi connectivity index (χ2n) is 6.43. The molecule has 1 aliphatic heterocycles. The molecule has 1 aliphatic carbocycles. The van der Waals surface area contributed by atoms with Gasteiger partial charge in [0.2, 0.25) is 11.8 Å². The number of likely N-dealkylation sites (tertiary alicyclic amines) is 1. The number of nitrogens with zero attached hydrogens (tertiary/aromatic N) is 1. The highest BCUT2D eigenvalue weighted by atomic mass is 16.5. The highest BCUT2D eigenvalue weighted by molar-refractivity contribution is 6.06. The molecule has 1 aromatic rings. The molecule has 1 heterocycles. The van der Waals surface area contributed by atoms with E-state index < -0.39 is 23.8 Å². The first-order valence-corrected chi connectivity index (χ1v) is 8.43. The number of amides is 2. The third kappa shape index (κ3) is 3.05. The predicted octanol–water partition coefficient (Wildman–Crippen LogP) is 2.17. The number of allylic oxidation sites excluding steroid dienone is 2. The molecule has 1 fully saturated rings. The van der Waals surface area contributed by atoms with Crippen molar-refractivity contribution in [1.29, 1.82) is 0 Å². The van der Waals surface area contributed by atoms with Crippen LogP contribution in [0.3, 0.4) is 0 Å². The molecule has 138 valence electrons. The Morgan fingerprint density at radius 2 is 1.69 bits per heavy atom. The van der Waals surface area contributed by atoms with E-state index in [0.29, 0.717) is 29.9 Å². The molecule has 2 aliphatic rings. The Morgan fingerprint density at radius 3 is 2.19 bits per heavy atom. The average molecular weight is 359 g/mol. The van der Waals surface area contributed by atoms with Gasteiger partial charge in [-0.15, -0.1) is 0 Å². The number of imide groups is 1. The van der Waals surface area contributed by atoms with Crippen LogP contribution in [0.4, 0.5) is 0 Å². The van der Waals surface area contributed by atoms with Crippen LogP contribution in [0.2, 0.25) is 0 Å². The summed E-state index contributed by atoms with van der Waals surface area (Å²) in [7, 11) is 2.97. The maximum Gasteiger partial charge on any atom is 0.305 e. The Bertz CT molecular complexity index is 745. The zero-order chi connectivity index (χ0) is 18.8. The van der Waals surface area contributed by atoms with Crippen molar-refractivity contribution in [3.05, 3.63) is 35.9 Å². The van der Waals surface area contributed by atoms with E-state index in [0.717, 1.165) is 4.90 Å². The van der Waals surface area contributed by atoms with E-state index in [9.17, 15) is 19.5 Å². The lowest BCUT2D eigenvalue weighted by molar-refractivity contribution is -0.145. The second kappa shape index (κ2) is 7.19. The third-order valence-electron chi connectivity index (χ3n) is 5.01. The summed E-state index contributed by atoms with van der Waals surface area (Å²) >= 11 is 0. The molecule has 0 saturated carbocycles. The van der Waals surface area contributed by atoms with Gasteiger partial charge in [0.05, 0.1) is 38.5 Å². The van der Waals surface area contributed by atoms with Gasteiger partial charge >= 0.3 is 5.97 Å². The van der Waals surface area contributed by atoms with Crippen LogP contribution >= 0.6 is 0 Å². The lowest BCUT2D eigenvalue weighted by Gasteiger charge is -2.26. The molecule has 0 radical (unpaired) electrons. The molecule has 7 nitrogen and oxygen atoms in total. The van der Waals surface area contributed by atoms with Gasteiger partial charge in [-0.25, -0.2) is 0 Å². The van der Waals surface area contributed by atoms with E-state index in [4.69, 9.17) is 9.47 Å². The summed E-state index contributed by atoms with van der Waals surface area (Å²) in [5, 5.41) is 9.35. The zero-order valence-electron chi connectivity index (χ0n) is 14.7. The first kappa shape index (κ1) is 18.0. The number of hydrogen-bond acceptors (Lipinski definition) is 5. The number of carboxylic acids is 1. The Kier molecular flexibility index (Phi) is 4.97. The lowest BCUT2D eigenvalue weighted by Crippen LogP contribution is -2.36. The smallest absolute Gasteiger partial charge is 0.305 e. The van der Waals surface area contributed by atoms with Crippen molar-refractivity contribution >= 4 is 17.8 Å². The number of hydrogen-bond donors (Lipinski definition) is 1. The predicted molar refractivity (Wildman–Crippen MR) is 91.7 cm³/mol. The van der Waals surface area contributed by atoms with Gasteiger partial charge in [0.25, 0.3) is 0 Å². The van der Waals surface area contributed by atoms with E-state index in [2.05, 4.69) is 0 Å². The van der Waals surface area contributed by atoms with Crippen LogP contribution in [-0.2, 0) is 14.4 Å². The van der Waals surface area contributed by atoms with Gasteiger partial charge in [0.15, 0.2) is 11.5 Å². The number of methoxy groups -OCH3 is 2. The normalized spacial score (nSPS) is 22.9. The molecular weight excluding hydrogens is 338 g/mol. The van der Waals surface area contributed by atoms with Crippen molar-refractivity contribution < 1.29 is 29.0 Å². The summed E-state index contributed by atoms with van der Waals surface area (Å²) in [5.74, 6) is -1.58. The van der Waals surface area contributed by atoms with Gasteiger partial charge in [-0.1, -0.05) is 18.2 Å². The number of ether oxygens (including phenoxy) is 2. The van der Waals surface area contributed by atoms with Gasteiger partial charge in [-0.05, 0) is 30.5 Å². The maximum atomic E-state index is 12.8. The van der Waals surface area contributed by atoms with Crippen LogP contribution in [0, 0.1) is 11.8 Å². The fourth-order valence-corrected chi connectivity index (χ4v) is 3.72. The van der Waals surface area contributed by atoms with Gasteiger partial charge in [0, 0.05) is 0 Å². The van der Waals surface area contributed by atoms with Gasteiger partial charge < -0.3 is 14.6 Å². The minimum atomic E-state index is -1.08. The number of rotatable bonds is 6. The summed E-state index contributed by atoms with van der Waals surface area (Å²) < 4.78 is 10.5. The molecule has 3 atom stereocenters. The molecule has 0 unspecified atom stereocenters. The van der Waals surface area contributed by atoms with E-state index in [1.807, 2.05) is 12.2 Å². The maximum absolute atomic E-state index is 12.8. The topological polar surface area (TPSA) is 93.1 Å². The second-order valence-corrected chi connectivity index (χ2v) is 6.43. The Labute approximate surface area is 151 Å². The summed E-state index contributed by atoms with van der Waals surface area (Å²) in [6.07, 6.45) is 4.46. The standard InChI is InChI=1S/C19H21NO6/c1-25-15-8-7-11(9-16(15)26-2)14(10-17(21)22)20-18(23)12-5-3-4-6-13(12)19(20)24/h3-4,7-9,12-14H,5-6,10H2,1-2H3,(H,21,22)/t12-,13+,14-/m0/s1. The van der Waals surface area contributed by atoms with Crippen molar-refractivity contribution in [3.8, 4) is 11.5 Å². The van der Waals surface area contributed by atoms with E-state index in [1.165, 1.54) is 14.2 Å². The number of carbonyl (C=O) groups is 3. The van der Waals surface area contributed by atoms with Crippen molar-refractivity contribution in [2.75, 3.05) is 14.2 Å². The first-order chi connectivity index (χ1) is 12.5.